The molecule has 20 heavy (non-hydrogen) atoms. The summed E-state index contributed by atoms with van der Waals surface area (Å²) in [5, 5.41) is 4.32. The molecule has 0 aliphatic heterocycles. The first kappa shape index (κ1) is 12.8. The largest absolute Gasteiger partial charge is 0.271 e. The summed E-state index contributed by atoms with van der Waals surface area (Å²) in [6.45, 7) is 3.13. The molecule has 5 heteroatoms. The van der Waals surface area contributed by atoms with Gasteiger partial charge >= 0.3 is 0 Å². The van der Waals surface area contributed by atoms with Crippen molar-refractivity contribution in [3.05, 3.63) is 12.2 Å². The third-order valence-electron chi connectivity index (χ3n) is 6.01. The van der Waals surface area contributed by atoms with E-state index in [-0.39, 0.29) is 0 Å². The first-order valence-corrected chi connectivity index (χ1v) is 8.16. The van der Waals surface area contributed by atoms with Gasteiger partial charge in [-0.25, -0.2) is 4.98 Å². The fraction of sp³-hybridized carbons (Fsp3) is 0.867. The van der Waals surface area contributed by atoms with Crippen molar-refractivity contribution in [3.63, 3.8) is 0 Å². The van der Waals surface area contributed by atoms with Gasteiger partial charge in [0.1, 0.15) is 12.2 Å². The average Bonchev–Trinajstić information content (AvgIpc) is 2.84. The second kappa shape index (κ2) is 4.81. The van der Waals surface area contributed by atoms with E-state index in [9.17, 15) is 0 Å². The Morgan fingerprint density at radius 1 is 1.40 bits per heavy atom. The maximum atomic E-state index is 5.86. The summed E-state index contributed by atoms with van der Waals surface area (Å²) in [6.07, 6.45) is 8.12. The normalized spacial score (nSPS) is 39.0. The zero-order valence-electron chi connectivity index (χ0n) is 12.2. The molecule has 5 nitrogen and oxygen atoms in total. The Morgan fingerprint density at radius 2 is 2.15 bits per heavy atom. The minimum absolute atomic E-state index is 0.383. The molecule has 5 unspecified atom stereocenters. The zero-order chi connectivity index (χ0) is 13.7. The van der Waals surface area contributed by atoms with Crippen LogP contribution < -0.4 is 11.3 Å². The van der Waals surface area contributed by atoms with Crippen LogP contribution in [0.3, 0.4) is 0 Å². The summed E-state index contributed by atoms with van der Waals surface area (Å²) < 4.78 is 2.04. The molecule has 1 aromatic rings. The molecule has 0 saturated heterocycles. The van der Waals surface area contributed by atoms with Crippen molar-refractivity contribution in [2.24, 2.45) is 35.4 Å². The molecule has 0 amide bonds. The summed E-state index contributed by atoms with van der Waals surface area (Å²) in [5.74, 6) is 11.7. The number of nitrogens with two attached hydrogens (primary N) is 1. The smallest absolute Gasteiger partial charge is 0.138 e. The van der Waals surface area contributed by atoms with E-state index < -0.39 is 0 Å². The quantitative estimate of drug-likeness (QED) is 0.607. The van der Waals surface area contributed by atoms with Gasteiger partial charge in [0.2, 0.25) is 0 Å². The second-order valence-corrected chi connectivity index (χ2v) is 6.94. The lowest BCUT2D eigenvalue weighted by molar-refractivity contribution is 0.356. The Bertz CT molecular complexity index is 468. The fourth-order valence-electron chi connectivity index (χ4n) is 5.28. The minimum atomic E-state index is 0.383. The van der Waals surface area contributed by atoms with Crippen molar-refractivity contribution in [2.75, 3.05) is 0 Å². The zero-order valence-corrected chi connectivity index (χ0v) is 12.2. The second-order valence-electron chi connectivity index (χ2n) is 6.94. The molecule has 110 valence electrons. The highest BCUT2D eigenvalue weighted by Crippen LogP contribution is 2.70. The molecule has 1 heterocycles. The number of nitrogens with one attached hydrogen (secondary N) is 1. The van der Waals surface area contributed by atoms with E-state index in [1.165, 1.54) is 19.3 Å². The van der Waals surface area contributed by atoms with Crippen molar-refractivity contribution in [2.45, 2.75) is 51.6 Å². The van der Waals surface area contributed by atoms with Crippen LogP contribution >= 0.6 is 0 Å². The molecular weight excluding hydrogens is 250 g/mol. The van der Waals surface area contributed by atoms with Gasteiger partial charge in [-0.1, -0.05) is 6.92 Å². The number of aryl methyl sites for hydroxylation is 1. The first-order valence-electron chi connectivity index (χ1n) is 8.16. The Labute approximate surface area is 120 Å². The highest BCUT2D eigenvalue weighted by molar-refractivity contribution is 5.16. The summed E-state index contributed by atoms with van der Waals surface area (Å²) in [6, 6.07) is 0.383. The van der Waals surface area contributed by atoms with Gasteiger partial charge < -0.3 is 0 Å². The molecule has 3 aliphatic rings. The average molecular weight is 275 g/mol. The molecule has 3 fully saturated rings. The summed E-state index contributed by atoms with van der Waals surface area (Å²) >= 11 is 0. The van der Waals surface area contributed by atoms with Crippen LogP contribution in [0.2, 0.25) is 0 Å². The Balaban J connectivity index is 1.46. The molecule has 2 bridgehead atoms. The molecule has 0 radical (unpaired) electrons. The van der Waals surface area contributed by atoms with Gasteiger partial charge in [0.05, 0.1) is 0 Å². The summed E-state index contributed by atoms with van der Waals surface area (Å²) in [4.78, 5) is 4.44. The summed E-state index contributed by atoms with van der Waals surface area (Å²) in [7, 11) is 0. The maximum absolute atomic E-state index is 5.86. The third kappa shape index (κ3) is 1.83. The SMILES string of the molecule is CCCn1ncnc1CC(NN)C1C2C3CCC(C3)C21. The van der Waals surface area contributed by atoms with E-state index in [1.54, 1.807) is 6.33 Å². The number of hydrogen-bond acceptors (Lipinski definition) is 4. The van der Waals surface area contributed by atoms with Gasteiger partial charge in [-0.2, -0.15) is 5.10 Å². The molecule has 5 atom stereocenters. The van der Waals surface area contributed by atoms with Crippen LogP contribution in [0.4, 0.5) is 0 Å². The molecule has 4 rings (SSSR count). The lowest BCUT2D eigenvalue weighted by Crippen LogP contribution is -2.40. The Kier molecular flexibility index (Phi) is 3.07. The standard InChI is InChI=1S/C15H25N5/c1-2-5-20-12(17-8-18-20)7-11(19-16)15-13-9-3-4-10(6-9)14(13)15/h8-11,13-15,19H,2-7,16H2,1H3. The third-order valence-corrected chi connectivity index (χ3v) is 6.01. The number of hydrazine groups is 1. The topological polar surface area (TPSA) is 68.8 Å². The van der Waals surface area contributed by atoms with Crippen LogP contribution in [-0.2, 0) is 13.0 Å². The van der Waals surface area contributed by atoms with E-state index in [1.807, 2.05) is 4.68 Å². The van der Waals surface area contributed by atoms with Gasteiger partial charge in [0.25, 0.3) is 0 Å². The van der Waals surface area contributed by atoms with Crippen LogP contribution in [0.5, 0.6) is 0 Å². The van der Waals surface area contributed by atoms with E-state index >= 15 is 0 Å². The van der Waals surface area contributed by atoms with Crippen LogP contribution in [0.1, 0.15) is 38.4 Å². The molecule has 0 aromatic carbocycles. The van der Waals surface area contributed by atoms with Crippen molar-refractivity contribution in [1.29, 1.82) is 0 Å². The van der Waals surface area contributed by atoms with Gasteiger partial charge in [0.15, 0.2) is 0 Å². The molecular formula is C15H25N5. The van der Waals surface area contributed by atoms with Gasteiger partial charge in [-0.3, -0.25) is 16.0 Å². The number of hydrogen-bond donors (Lipinski definition) is 2. The van der Waals surface area contributed by atoms with Crippen molar-refractivity contribution < 1.29 is 0 Å². The van der Waals surface area contributed by atoms with Crippen LogP contribution in [0.15, 0.2) is 6.33 Å². The van der Waals surface area contributed by atoms with E-state index in [0.717, 1.165) is 54.8 Å². The number of fused-ring (bicyclic) bond motifs is 5. The van der Waals surface area contributed by atoms with Crippen molar-refractivity contribution >= 4 is 0 Å². The number of rotatable bonds is 6. The Hall–Kier alpha value is -0.940. The summed E-state index contributed by atoms with van der Waals surface area (Å²) in [5.41, 5.74) is 3.09. The van der Waals surface area contributed by atoms with Crippen LogP contribution in [0, 0.1) is 29.6 Å². The molecule has 0 spiro atoms. The maximum Gasteiger partial charge on any atom is 0.138 e. The predicted molar refractivity (Wildman–Crippen MR) is 76.4 cm³/mol. The number of aromatic nitrogens is 3. The number of nitrogens with zero attached hydrogens (tertiary/aromatic N) is 3. The van der Waals surface area contributed by atoms with Crippen molar-refractivity contribution in [3.8, 4) is 0 Å². The first-order chi connectivity index (χ1) is 9.83. The van der Waals surface area contributed by atoms with E-state index in [0.29, 0.717) is 6.04 Å². The van der Waals surface area contributed by atoms with Gasteiger partial charge in [-0.05, 0) is 55.3 Å². The predicted octanol–water partition coefficient (Wildman–Crippen LogP) is 1.35. The fourth-order valence-corrected chi connectivity index (χ4v) is 5.28. The van der Waals surface area contributed by atoms with E-state index in [4.69, 9.17) is 5.84 Å². The highest BCUT2D eigenvalue weighted by atomic mass is 15.3. The monoisotopic (exact) mass is 275 g/mol. The molecule has 1 aromatic heterocycles. The molecule has 3 aliphatic carbocycles. The van der Waals surface area contributed by atoms with Gasteiger partial charge in [0, 0.05) is 19.0 Å². The molecule has 3 saturated carbocycles. The highest BCUT2D eigenvalue weighted by Gasteiger charge is 2.66. The minimum Gasteiger partial charge on any atom is -0.271 e. The van der Waals surface area contributed by atoms with E-state index in [2.05, 4.69) is 22.4 Å². The lowest BCUT2D eigenvalue weighted by atomic mass is 9.96. The van der Waals surface area contributed by atoms with Gasteiger partial charge in [-0.15, -0.1) is 0 Å². The van der Waals surface area contributed by atoms with Crippen LogP contribution in [0.25, 0.3) is 0 Å². The molecule has 3 N–H and O–H groups in total. The van der Waals surface area contributed by atoms with Crippen LogP contribution in [-0.4, -0.2) is 20.8 Å². The lowest BCUT2D eigenvalue weighted by Gasteiger charge is -2.19. The van der Waals surface area contributed by atoms with Crippen molar-refractivity contribution in [1.82, 2.24) is 20.2 Å². The Morgan fingerprint density at radius 3 is 2.80 bits per heavy atom.